The quantitative estimate of drug-likeness (QED) is 0.685. The van der Waals surface area contributed by atoms with Gasteiger partial charge in [0.15, 0.2) is 0 Å². The molecule has 0 aliphatic rings. The third-order valence-corrected chi connectivity index (χ3v) is 3.08. The van der Waals surface area contributed by atoms with Gasteiger partial charge in [-0.25, -0.2) is 0 Å². The molecule has 0 aliphatic carbocycles. The van der Waals surface area contributed by atoms with Crippen molar-refractivity contribution in [2.75, 3.05) is 5.32 Å². The summed E-state index contributed by atoms with van der Waals surface area (Å²) >= 11 is 3.25. The number of nitro groups is 1. The van der Waals surface area contributed by atoms with Gasteiger partial charge in [-0.3, -0.25) is 19.6 Å². The molecule has 1 aromatic carbocycles. The number of hydrogen-bond acceptors (Lipinski definition) is 4. The molecule has 8 heteroatoms. The molecule has 1 amide bonds. The zero-order valence-corrected chi connectivity index (χ0v) is 12.1. The van der Waals surface area contributed by atoms with Crippen molar-refractivity contribution in [2.24, 2.45) is 0 Å². The Labute approximate surface area is 122 Å². The number of nitrogens with zero attached hydrogens (tertiary/aromatic N) is 3. The van der Waals surface area contributed by atoms with Gasteiger partial charge in [0.05, 0.1) is 15.6 Å². The van der Waals surface area contributed by atoms with Gasteiger partial charge in [0.2, 0.25) is 5.91 Å². The van der Waals surface area contributed by atoms with Gasteiger partial charge in [-0.15, -0.1) is 0 Å². The van der Waals surface area contributed by atoms with Crippen molar-refractivity contribution in [1.29, 1.82) is 0 Å². The van der Waals surface area contributed by atoms with Crippen molar-refractivity contribution in [3.05, 3.63) is 51.2 Å². The zero-order chi connectivity index (χ0) is 14.7. The highest BCUT2D eigenvalue weighted by Crippen LogP contribution is 2.19. The van der Waals surface area contributed by atoms with Crippen LogP contribution in [0.25, 0.3) is 0 Å². The molecule has 0 bridgehead atoms. The summed E-state index contributed by atoms with van der Waals surface area (Å²) < 4.78 is 2.27. The van der Waals surface area contributed by atoms with Gasteiger partial charge in [0.1, 0.15) is 6.04 Å². The number of halogens is 1. The van der Waals surface area contributed by atoms with E-state index in [9.17, 15) is 14.9 Å². The second-order valence-corrected chi connectivity index (χ2v) is 5.03. The monoisotopic (exact) mass is 338 g/mol. The molecule has 0 fully saturated rings. The van der Waals surface area contributed by atoms with Crippen LogP contribution in [-0.2, 0) is 4.79 Å². The van der Waals surface area contributed by atoms with E-state index in [2.05, 4.69) is 26.3 Å². The number of rotatable bonds is 4. The van der Waals surface area contributed by atoms with E-state index in [4.69, 9.17) is 0 Å². The first-order valence-electron chi connectivity index (χ1n) is 5.72. The molecule has 0 saturated carbocycles. The van der Waals surface area contributed by atoms with Crippen LogP contribution < -0.4 is 5.32 Å². The maximum Gasteiger partial charge on any atom is 0.271 e. The summed E-state index contributed by atoms with van der Waals surface area (Å²) in [5.41, 5.74) is 0.305. The van der Waals surface area contributed by atoms with Gasteiger partial charge in [0.25, 0.3) is 5.69 Å². The van der Waals surface area contributed by atoms with Gasteiger partial charge >= 0.3 is 0 Å². The second-order valence-electron chi connectivity index (χ2n) is 4.11. The predicted octanol–water partition coefficient (Wildman–Crippen LogP) is 2.75. The number of hydrogen-bond donors (Lipinski definition) is 1. The lowest BCUT2D eigenvalue weighted by Crippen LogP contribution is -2.24. The number of nitro benzene ring substituents is 1. The molecule has 20 heavy (non-hydrogen) atoms. The van der Waals surface area contributed by atoms with Crippen LogP contribution in [0.5, 0.6) is 0 Å². The zero-order valence-electron chi connectivity index (χ0n) is 10.5. The van der Waals surface area contributed by atoms with E-state index in [-0.39, 0.29) is 11.6 Å². The summed E-state index contributed by atoms with van der Waals surface area (Å²) in [5, 5.41) is 17.3. The first kappa shape index (κ1) is 14.2. The number of carbonyl (C=O) groups is 1. The summed E-state index contributed by atoms with van der Waals surface area (Å²) in [4.78, 5) is 22.2. The Morgan fingerprint density at radius 2 is 2.30 bits per heavy atom. The van der Waals surface area contributed by atoms with Crippen LogP contribution in [0.4, 0.5) is 11.4 Å². The van der Waals surface area contributed by atoms with Crippen LogP contribution in [0.1, 0.15) is 13.0 Å². The van der Waals surface area contributed by atoms with Crippen molar-refractivity contribution in [2.45, 2.75) is 13.0 Å². The molecule has 1 N–H and O–H groups in total. The van der Waals surface area contributed by atoms with E-state index < -0.39 is 11.0 Å². The van der Waals surface area contributed by atoms with E-state index in [1.54, 1.807) is 25.4 Å². The average Bonchev–Trinajstić information content (AvgIpc) is 2.84. The van der Waals surface area contributed by atoms with E-state index in [0.29, 0.717) is 5.69 Å². The lowest BCUT2D eigenvalue weighted by Gasteiger charge is -2.12. The highest BCUT2D eigenvalue weighted by molar-refractivity contribution is 9.10. The molecule has 1 atom stereocenters. The minimum absolute atomic E-state index is 0.0720. The third kappa shape index (κ3) is 3.21. The third-order valence-electron chi connectivity index (χ3n) is 2.67. The SMILES string of the molecule is CC(C(=O)Nc1cccc([N+](=O)[O-])c1)n1cc(Br)cn1. The fourth-order valence-corrected chi connectivity index (χ4v) is 1.89. The maximum atomic E-state index is 12.0. The number of nitrogens with one attached hydrogen (secondary N) is 1. The number of benzene rings is 1. The van der Waals surface area contributed by atoms with Gasteiger partial charge in [-0.1, -0.05) is 6.07 Å². The summed E-state index contributed by atoms with van der Waals surface area (Å²) in [6, 6.07) is 5.26. The predicted molar refractivity (Wildman–Crippen MR) is 76.4 cm³/mol. The van der Waals surface area contributed by atoms with Crippen molar-refractivity contribution in [1.82, 2.24) is 9.78 Å². The van der Waals surface area contributed by atoms with E-state index in [1.165, 1.54) is 22.9 Å². The Kier molecular flexibility index (Phi) is 4.14. The number of aromatic nitrogens is 2. The van der Waals surface area contributed by atoms with Crippen molar-refractivity contribution < 1.29 is 9.72 Å². The number of anilines is 1. The summed E-state index contributed by atoms with van der Waals surface area (Å²) in [6.07, 6.45) is 3.26. The normalized spacial score (nSPS) is 11.9. The number of amides is 1. The average molecular weight is 339 g/mol. The van der Waals surface area contributed by atoms with Crippen LogP contribution in [-0.4, -0.2) is 20.6 Å². The lowest BCUT2D eigenvalue weighted by atomic mass is 10.2. The topological polar surface area (TPSA) is 90.1 Å². The first-order chi connectivity index (χ1) is 9.47. The molecule has 104 valence electrons. The van der Waals surface area contributed by atoms with E-state index >= 15 is 0 Å². The Balaban J connectivity index is 2.11. The minimum atomic E-state index is -0.527. The van der Waals surface area contributed by atoms with Crippen LogP contribution >= 0.6 is 15.9 Å². The number of carbonyl (C=O) groups excluding carboxylic acids is 1. The molecule has 7 nitrogen and oxygen atoms in total. The van der Waals surface area contributed by atoms with Crippen molar-refractivity contribution in [3.8, 4) is 0 Å². The molecule has 0 aliphatic heterocycles. The molecule has 1 heterocycles. The molecule has 0 saturated heterocycles. The molecule has 0 spiro atoms. The largest absolute Gasteiger partial charge is 0.324 e. The van der Waals surface area contributed by atoms with Crippen LogP contribution in [0.3, 0.4) is 0 Å². The van der Waals surface area contributed by atoms with E-state index in [1.807, 2.05) is 0 Å². The van der Waals surface area contributed by atoms with E-state index in [0.717, 1.165) is 4.47 Å². The second kappa shape index (κ2) is 5.83. The molecule has 1 unspecified atom stereocenters. The van der Waals surface area contributed by atoms with Gasteiger partial charge in [0, 0.05) is 24.0 Å². The summed E-state index contributed by atoms with van der Waals surface area (Å²) in [6.45, 7) is 1.69. The standard InChI is InChI=1S/C12H11BrN4O3/c1-8(16-7-9(13)6-14-16)12(18)15-10-3-2-4-11(5-10)17(19)20/h2-8H,1H3,(H,15,18). The first-order valence-corrected chi connectivity index (χ1v) is 6.51. The highest BCUT2D eigenvalue weighted by Gasteiger charge is 2.16. The lowest BCUT2D eigenvalue weighted by molar-refractivity contribution is -0.384. The van der Waals surface area contributed by atoms with Crippen LogP contribution in [0.2, 0.25) is 0 Å². The molecule has 1 aromatic heterocycles. The van der Waals surface area contributed by atoms with Crippen molar-refractivity contribution in [3.63, 3.8) is 0 Å². The Morgan fingerprint density at radius 3 is 2.90 bits per heavy atom. The number of non-ortho nitro benzene ring substituents is 1. The molecule has 2 rings (SSSR count). The Hall–Kier alpha value is -2.22. The summed E-state index contributed by atoms with van der Waals surface area (Å²) in [7, 11) is 0. The molecular weight excluding hydrogens is 328 g/mol. The minimum Gasteiger partial charge on any atom is -0.324 e. The fourth-order valence-electron chi connectivity index (χ4n) is 1.59. The van der Waals surface area contributed by atoms with Gasteiger partial charge in [-0.05, 0) is 28.9 Å². The highest BCUT2D eigenvalue weighted by atomic mass is 79.9. The van der Waals surface area contributed by atoms with Gasteiger partial charge in [-0.2, -0.15) is 5.10 Å². The molecule has 2 aromatic rings. The smallest absolute Gasteiger partial charge is 0.271 e. The van der Waals surface area contributed by atoms with Crippen LogP contribution in [0, 0.1) is 10.1 Å². The molecular formula is C12H11BrN4O3. The summed E-state index contributed by atoms with van der Waals surface area (Å²) in [5.74, 6) is -0.305. The Morgan fingerprint density at radius 1 is 1.55 bits per heavy atom. The van der Waals surface area contributed by atoms with Gasteiger partial charge < -0.3 is 5.32 Å². The van der Waals surface area contributed by atoms with Crippen molar-refractivity contribution >= 4 is 33.2 Å². The fraction of sp³-hybridized carbons (Fsp3) is 0.167. The maximum absolute atomic E-state index is 12.0. The molecule has 0 radical (unpaired) electrons. The Bertz CT molecular complexity index is 656. The van der Waals surface area contributed by atoms with Crippen LogP contribution in [0.15, 0.2) is 41.1 Å².